The molecule has 0 amide bonds. The van der Waals surface area contributed by atoms with Crippen LogP contribution in [-0.2, 0) is 0 Å². The summed E-state index contributed by atoms with van der Waals surface area (Å²) in [4.78, 5) is 3.98. The van der Waals surface area contributed by atoms with Crippen LogP contribution in [0.25, 0.3) is 5.69 Å². The SMILES string of the molecule is NC(=S)Nc1ccc(-n2cnc(Br)n2)cc1. The molecule has 0 unspecified atom stereocenters. The molecule has 0 spiro atoms. The van der Waals surface area contributed by atoms with Gasteiger partial charge in [0.25, 0.3) is 0 Å². The minimum absolute atomic E-state index is 0.247. The van der Waals surface area contributed by atoms with Crippen molar-refractivity contribution in [3.8, 4) is 5.69 Å². The second-order valence-corrected chi connectivity index (χ2v) is 4.14. The van der Waals surface area contributed by atoms with Gasteiger partial charge in [0.15, 0.2) is 5.11 Å². The lowest BCUT2D eigenvalue weighted by Gasteiger charge is -2.04. The van der Waals surface area contributed by atoms with Crippen molar-refractivity contribution in [1.29, 1.82) is 0 Å². The Labute approximate surface area is 106 Å². The highest BCUT2D eigenvalue weighted by atomic mass is 79.9. The number of benzene rings is 1. The molecular formula is C9H8BrN5S. The van der Waals surface area contributed by atoms with E-state index in [4.69, 9.17) is 18.0 Å². The fraction of sp³-hybridized carbons (Fsp3) is 0. The van der Waals surface area contributed by atoms with Crippen LogP contribution in [0, 0.1) is 0 Å². The minimum Gasteiger partial charge on any atom is -0.376 e. The number of hydrogen-bond acceptors (Lipinski definition) is 3. The van der Waals surface area contributed by atoms with Crippen LogP contribution in [0.2, 0.25) is 0 Å². The third kappa shape index (κ3) is 2.56. The zero-order chi connectivity index (χ0) is 11.5. The van der Waals surface area contributed by atoms with Gasteiger partial charge >= 0.3 is 0 Å². The van der Waals surface area contributed by atoms with Gasteiger partial charge in [-0.15, -0.1) is 5.10 Å². The number of anilines is 1. The summed E-state index contributed by atoms with van der Waals surface area (Å²) >= 11 is 7.93. The minimum atomic E-state index is 0.247. The Morgan fingerprint density at radius 3 is 2.56 bits per heavy atom. The van der Waals surface area contributed by atoms with Crippen LogP contribution in [-0.4, -0.2) is 19.9 Å². The number of nitrogens with one attached hydrogen (secondary N) is 1. The van der Waals surface area contributed by atoms with E-state index in [1.165, 1.54) is 0 Å². The van der Waals surface area contributed by atoms with Crippen molar-refractivity contribution in [3.63, 3.8) is 0 Å². The lowest BCUT2D eigenvalue weighted by Crippen LogP contribution is -2.18. The average molecular weight is 298 g/mol. The Hall–Kier alpha value is -1.47. The van der Waals surface area contributed by atoms with Gasteiger partial charge in [0.05, 0.1) is 5.69 Å². The zero-order valence-corrected chi connectivity index (χ0v) is 10.5. The van der Waals surface area contributed by atoms with Crippen LogP contribution in [0.15, 0.2) is 35.3 Å². The molecule has 0 aliphatic rings. The van der Waals surface area contributed by atoms with Crippen molar-refractivity contribution in [2.24, 2.45) is 5.73 Å². The molecule has 1 aromatic carbocycles. The summed E-state index contributed by atoms with van der Waals surface area (Å²) in [5.74, 6) is 0. The molecule has 0 fully saturated rings. The first-order chi connectivity index (χ1) is 7.65. The predicted molar refractivity (Wildman–Crippen MR) is 69.5 cm³/mol. The molecule has 7 heteroatoms. The normalized spacial score (nSPS) is 10.1. The highest BCUT2D eigenvalue weighted by Crippen LogP contribution is 2.13. The monoisotopic (exact) mass is 297 g/mol. The van der Waals surface area contributed by atoms with E-state index in [0.29, 0.717) is 4.73 Å². The van der Waals surface area contributed by atoms with Crippen LogP contribution < -0.4 is 11.1 Å². The van der Waals surface area contributed by atoms with E-state index >= 15 is 0 Å². The molecule has 5 nitrogen and oxygen atoms in total. The molecule has 3 N–H and O–H groups in total. The van der Waals surface area contributed by atoms with Gasteiger partial charge in [-0.2, -0.15) is 0 Å². The van der Waals surface area contributed by atoms with Crippen molar-refractivity contribution in [3.05, 3.63) is 35.3 Å². The average Bonchev–Trinajstić information content (AvgIpc) is 2.65. The van der Waals surface area contributed by atoms with Gasteiger partial charge in [-0.1, -0.05) is 0 Å². The van der Waals surface area contributed by atoms with Crippen molar-refractivity contribution < 1.29 is 0 Å². The quantitative estimate of drug-likeness (QED) is 0.826. The van der Waals surface area contributed by atoms with Crippen molar-refractivity contribution in [2.75, 3.05) is 5.32 Å². The maximum absolute atomic E-state index is 5.36. The largest absolute Gasteiger partial charge is 0.376 e. The van der Waals surface area contributed by atoms with Crippen LogP contribution in [0.3, 0.4) is 0 Å². The molecule has 0 saturated heterocycles. The summed E-state index contributed by atoms with van der Waals surface area (Å²) in [5.41, 5.74) is 7.12. The van der Waals surface area contributed by atoms with Crippen molar-refractivity contribution in [2.45, 2.75) is 0 Å². The number of nitrogens with two attached hydrogens (primary N) is 1. The molecule has 0 saturated carbocycles. The third-order valence-corrected chi connectivity index (χ3v) is 2.33. The van der Waals surface area contributed by atoms with Crippen LogP contribution in [0.5, 0.6) is 0 Å². The Morgan fingerprint density at radius 2 is 2.06 bits per heavy atom. The molecule has 2 rings (SSSR count). The smallest absolute Gasteiger partial charge is 0.217 e. The van der Waals surface area contributed by atoms with Crippen LogP contribution >= 0.6 is 28.1 Å². The number of rotatable bonds is 2. The standard InChI is InChI=1S/C9H8BrN5S/c10-8-12-5-15(14-8)7-3-1-6(2-4-7)13-9(11)16/h1-5H,(H3,11,13,16). The summed E-state index contributed by atoms with van der Waals surface area (Å²) in [6.07, 6.45) is 1.63. The maximum Gasteiger partial charge on any atom is 0.217 e. The summed E-state index contributed by atoms with van der Waals surface area (Å²) in [6.45, 7) is 0. The number of hydrogen-bond donors (Lipinski definition) is 2. The van der Waals surface area contributed by atoms with Gasteiger partial charge in [0.2, 0.25) is 4.73 Å². The molecule has 1 heterocycles. The number of halogens is 1. The molecule has 82 valence electrons. The van der Waals surface area contributed by atoms with Crippen LogP contribution in [0.4, 0.5) is 5.69 Å². The Kier molecular flexibility index (Phi) is 3.16. The van der Waals surface area contributed by atoms with Gasteiger partial charge in [0.1, 0.15) is 6.33 Å². The molecule has 0 atom stereocenters. The Morgan fingerprint density at radius 1 is 1.38 bits per heavy atom. The Bertz CT molecular complexity index is 507. The fourth-order valence-corrected chi connectivity index (χ4v) is 1.59. The third-order valence-electron chi connectivity index (χ3n) is 1.86. The lowest BCUT2D eigenvalue weighted by atomic mass is 10.3. The molecule has 0 aliphatic heterocycles. The zero-order valence-electron chi connectivity index (χ0n) is 8.09. The van der Waals surface area contributed by atoms with Crippen molar-refractivity contribution >= 4 is 38.9 Å². The second kappa shape index (κ2) is 4.58. The van der Waals surface area contributed by atoms with E-state index in [1.807, 2.05) is 24.3 Å². The highest BCUT2D eigenvalue weighted by molar-refractivity contribution is 9.10. The first kappa shape index (κ1) is 11.0. The molecule has 0 bridgehead atoms. The van der Waals surface area contributed by atoms with Crippen molar-refractivity contribution in [1.82, 2.24) is 14.8 Å². The summed E-state index contributed by atoms with van der Waals surface area (Å²) < 4.78 is 2.21. The molecule has 2 aromatic rings. The molecule has 16 heavy (non-hydrogen) atoms. The molecule has 0 aliphatic carbocycles. The second-order valence-electron chi connectivity index (χ2n) is 2.99. The van der Waals surface area contributed by atoms with Gasteiger partial charge in [0, 0.05) is 5.69 Å². The summed E-state index contributed by atoms with van der Waals surface area (Å²) in [5, 5.41) is 7.21. The topological polar surface area (TPSA) is 68.8 Å². The Balaban J connectivity index is 2.22. The van der Waals surface area contributed by atoms with Gasteiger partial charge in [-0.05, 0) is 52.4 Å². The van der Waals surface area contributed by atoms with Crippen LogP contribution in [0.1, 0.15) is 0 Å². The van der Waals surface area contributed by atoms with E-state index in [-0.39, 0.29) is 5.11 Å². The van der Waals surface area contributed by atoms with E-state index in [1.54, 1.807) is 11.0 Å². The predicted octanol–water partition coefficient (Wildman–Crippen LogP) is 1.69. The fourth-order valence-electron chi connectivity index (χ4n) is 1.21. The van der Waals surface area contributed by atoms with Gasteiger partial charge in [-0.25, -0.2) is 9.67 Å². The molecular weight excluding hydrogens is 290 g/mol. The van der Waals surface area contributed by atoms with E-state index < -0.39 is 0 Å². The highest BCUT2D eigenvalue weighted by Gasteiger charge is 2.00. The first-order valence-corrected chi connectivity index (χ1v) is 5.59. The number of thiocarbonyl (C=S) groups is 1. The van der Waals surface area contributed by atoms with E-state index in [2.05, 4.69) is 31.3 Å². The molecule has 1 aromatic heterocycles. The van der Waals surface area contributed by atoms with E-state index in [9.17, 15) is 0 Å². The van der Waals surface area contributed by atoms with Gasteiger partial charge in [-0.3, -0.25) is 0 Å². The van der Waals surface area contributed by atoms with E-state index in [0.717, 1.165) is 11.4 Å². The lowest BCUT2D eigenvalue weighted by molar-refractivity contribution is 0.870. The maximum atomic E-state index is 5.36. The van der Waals surface area contributed by atoms with Gasteiger partial charge < -0.3 is 11.1 Å². The summed E-state index contributed by atoms with van der Waals surface area (Å²) in [7, 11) is 0. The first-order valence-electron chi connectivity index (χ1n) is 4.39. The number of nitrogens with zero attached hydrogens (tertiary/aromatic N) is 3. The molecule has 0 radical (unpaired) electrons. The number of aromatic nitrogens is 3. The summed E-state index contributed by atoms with van der Waals surface area (Å²) in [6, 6.07) is 7.51.